The third-order valence-electron chi connectivity index (χ3n) is 4.60. The van der Waals surface area contributed by atoms with Gasteiger partial charge in [-0.3, -0.25) is 9.78 Å². The van der Waals surface area contributed by atoms with E-state index in [1.807, 2.05) is 6.92 Å². The molecular formula is C18H29ClN2O. The van der Waals surface area contributed by atoms with E-state index < -0.39 is 0 Å². The molecule has 1 amide bonds. The van der Waals surface area contributed by atoms with E-state index in [1.165, 1.54) is 11.3 Å². The van der Waals surface area contributed by atoms with Crippen molar-refractivity contribution in [2.24, 2.45) is 5.92 Å². The number of aryl methyl sites for hydroxylation is 2. The predicted octanol–water partition coefficient (Wildman–Crippen LogP) is 4.76. The van der Waals surface area contributed by atoms with Crippen LogP contribution < -0.4 is 5.32 Å². The van der Waals surface area contributed by atoms with Crippen molar-refractivity contribution in [2.45, 2.75) is 72.6 Å². The Morgan fingerprint density at radius 1 is 1.18 bits per heavy atom. The fraction of sp³-hybridized carbons (Fsp3) is 0.667. The van der Waals surface area contributed by atoms with E-state index in [0.29, 0.717) is 0 Å². The molecule has 0 radical (unpaired) electrons. The Balaban J connectivity index is 0.00000242. The molecule has 1 aromatic rings. The van der Waals surface area contributed by atoms with Gasteiger partial charge < -0.3 is 5.32 Å². The molecular weight excluding hydrogens is 296 g/mol. The van der Waals surface area contributed by atoms with E-state index in [-0.39, 0.29) is 24.2 Å². The average Bonchev–Trinajstić information content (AvgIpc) is 2.91. The van der Waals surface area contributed by atoms with Crippen LogP contribution in [0.2, 0.25) is 0 Å². The standard InChI is InChI=1S/C18H28N2O.ClH/c1-5-8-14(9-6-2)18(21)20-17-12(3)13(4)19-16-11-7-10-15(16)17;/h14H,5-11H2,1-4H3,(H,19,20,21);1H. The van der Waals surface area contributed by atoms with Crippen LogP contribution in [0, 0.1) is 19.8 Å². The van der Waals surface area contributed by atoms with Gasteiger partial charge in [0.25, 0.3) is 0 Å². The second-order valence-corrected chi connectivity index (χ2v) is 6.24. The van der Waals surface area contributed by atoms with E-state index >= 15 is 0 Å². The lowest BCUT2D eigenvalue weighted by molar-refractivity contribution is -0.120. The number of carbonyl (C=O) groups is 1. The summed E-state index contributed by atoms with van der Waals surface area (Å²) in [4.78, 5) is 17.3. The molecule has 1 aliphatic carbocycles. The van der Waals surface area contributed by atoms with Gasteiger partial charge in [0.05, 0.1) is 5.69 Å². The first kappa shape index (κ1) is 19.0. The molecule has 0 bridgehead atoms. The quantitative estimate of drug-likeness (QED) is 0.819. The van der Waals surface area contributed by atoms with Crippen LogP contribution in [0.25, 0.3) is 0 Å². The van der Waals surface area contributed by atoms with Gasteiger partial charge in [-0.05, 0) is 57.1 Å². The first-order valence-electron chi connectivity index (χ1n) is 8.38. The lowest BCUT2D eigenvalue weighted by Crippen LogP contribution is -2.24. The van der Waals surface area contributed by atoms with Gasteiger partial charge in [0.2, 0.25) is 5.91 Å². The SMILES string of the molecule is CCCC(CCC)C(=O)Nc1c(C)c(C)nc2c1CCC2.Cl. The number of nitrogens with one attached hydrogen (secondary N) is 1. The van der Waals surface area contributed by atoms with Crippen molar-refractivity contribution >= 4 is 24.0 Å². The number of carbonyl (C=O) groups excluding carboxylic acids is 1. The van der Waals surface area contributed by atoms with E-state index in [0.717, 1.165) is 61.9 Å². The van der Waals surface area contributed by atoms with Crippen LogP contribution >= 0.6 is 12.4 Å². The molecule has 0 atom stereocenters. The summed E-state index contributed by atoms with van der Waals surface area (Å²) in [6.45, 7) is 8.41. The number of hydrogen-bond donors (Lipinski definition) is 1. The number of hydrogen-bond acceptors (Lipinski definition) is 2. The van der Waals surface area contributed by atoms with E-state index in [1.54, 1.807) is 0 Å². The predicted molar refractivity (Wildman–Crippen MR) is 94.9 cm³/mol. The van der Waals surface area contributed by atoms with Crippen LogP contribution in [0.5, 0.6) is 0 Å². The zero-order chi connectivity index (χ0) is 15.4. The zero-order valence-electron chi connectivity index (χ0n) is 14.3. The highest BCUT2D eigenvalue weighted by atomic mass is 35.5. The second-order valence-electron chi connectivity index (χ2n) is 6.24. The number of anilines is 1. The molecule has 1 aliphatic rings. The van der Waals surface area contributed by atoms with Crippen molar-refractivity contribution in [1.29, 1.82) is 0 Å². The number of fused-ring (bicyclic) bond motifs is 1. The second kappa shape index (κ2) is 8.52. The number of nitrogens with zero attached hydrogens (tertiary/aromatic N) is 1. The number of pyridine rings is 1. The number of rotatable bonds is 6. The summed E-state index contributed by atoms with van der Waals surface area (Å²) in [6, 6.07) is 0. The van der Waals surface area contributed by atoms with Crippen LogP contribution in [-0.2, 0) is 17.6 Å². The molecule has 0 saturated heterocycles. The molecule has 124 valence electrons. The first-order valence-corrected chi connectivity index (χ1v) is 8.38. The zero-order valence-corrected chi connectivity index (χ0v) is 15.1. The molecule has 1 N–H and O–H groups in total. The average molecular weight is 325 g/mol. The van der Waals surface area contributed by atoms with Gasteiger partial charge in [-0.1, -0.05) is 26.7 Å². The lowest BCUT2D eigenvalue weighted by atomic mass is 9.96. The van der Waals surface area contributed by atoms with Crippen molar-refractivity contribution < 1.29 is 4.79 Å². The fourth-order valence-electron chi connectivity index (χ4n) is 3.31. The molecule has 2 rings (SSSR count). The van der Waals surface area contributed by atoms with Crippen molar-refractivity contribution in [3.8, 4) is 0 Å². The smallest absolute Gasteiger partial charge is 0.227 e. The summed E-state index contributed by atoms with van der Waals surface area (Å²) in [5, 5.41) is 3.24. The van der Waals surface area contributed by atoms with Crippen LogP contribution in [0.3, 0.4) is 0 Å². The highest BCUT2D eigenvalue weighted by molar-refractivity contribution is 5.94. The molecule has 0 unspecified atom stereocenters. The topological polar surface area (TPSA) is 42.0 Å². The van der Waals surface area contributed by atoms with Crippen LogP contribution in [0.1, 0.15) is 68.5 Å². The Hall–Kier alpha value is -1.09. The highest BCUT2D eigenvalue weighted by Gasteiger charge is 2.23. The van der Waals surface area contributed by atoms with E-state index in [9.17, 15) is 4.79 Å². The molecule has 0 saturated carbocycles. The Bertz CT molecular complexity index is 522. The largest absolute Gasteiger partial charge is 0.325 e. The van der Waals surface area contributed by atoms with Gasteiger partial charge in [0, 0.05) is 17.3 Å². The Morgan fingerprint density at radius 3 is 2.41 bits per heavy atom. The van der Waals surface area contributed by atoms with Crippen molar-refractivity contribution in [1.82, 2.24) is 4.98 Å². The maximum absolute atomic E-state index is 12.6. The third kappa shape index (κ3) is 4.01. The summed E-state index contributed by atoms with van der Waals surface area (Å²) in [7, 11) is 0. The van der Waals surface area contributed by atoms with E-state index in [2.05, 4.69) is 31.1 Å². The van der Waals surface area contributed by atoms with Gasteiger partial charge in [0.1, 0.15) is 0 Å². The summed E-state index contributed by atoms with van der Waals surface area (Å²) in [6.07, 6.45) is 7.32. The summed E-state index contributed by atoms with van der Waals surface area (Å²) < 4.78 is 0. The number of halogens is 1. The first-order chi connectivity index (χ1) is 10.1. The molecule has 22 heavy (non-hydrogen) atoms. The molecule has 1 heterocycles. The Labute approximate surface area is 140 Å². The third-order valence-corrected chi connectivity index (χ3v) is 4.60. The summed E-state index contributed by atoms with van der Waals surface area (Å²) in [5.41, 5.74) is 5.70. The molecule has 3 nitrogen and oxygen atoms in total. The fourth-order valence-corrected chi connectivity index (χ4v) is 3.31. The van der Waals surface area contributed by atoms with Crippen LogP contribution in [-0.4, -0.2) is 10.9 Å². The molecule has 1 aromatic heterocycles. The Morgan fingerprint density at radius 2 is 1.82 bits per heavy atom. The Kier molecular flexibility index (Phi) is 7.34. The molecule has 0 spiro atoms. The summed E-state index contributed by atoms with van der Waals surface area (Å²) in [5.74, 6) is 0.339. The number of amides is 1. The van der Waals surface area contributed by atoms with Crippen molar-refractivity contribution in [3.63, 3.8) is 0 Å². The minimum atomic E-state index is 0. The van der Waals surface area contributed by atoms with Gasteiger partial charge in [-0.2, -0.15) is 0 Å². The van der Waals surface area contributed by atoms with Crippen molar-refractivity contribution in [2.75, 3.05) is 5.32 Å². The molecule has 0 aliphatic heterocycles. The lowest BCUT2D eigenvalue weighted by Gasteiger charge is -2.19. The maximum atomic E-state index is 12.6. The summed E-state index contributed by atoms with van der Waals surface area (Å²) >= 11 is 0. The minimum absolute atomic E-state index is 0. The van der Waals surface area contributed by atoms with Gasteiger partial charge in [-0.15, -0.1) is 12.4 Å². The number of aromatic nitrogens is 1. The van der Waals surface area contributed by atoms with Crippen LogP contribution in [0.4, 0.5) is 5.69 Å². The highest BCUT2D eigenvalue weighted by Crippen LogP contribution is 2.32. The van der Waals surface area contributed by atoms with Gasteiger partial charge in [0.15, 0.2) is 0 Å². The van der Waals surface area contributed by atoms with E-state index in [4.69, 9.17) is 0 Å². The molecule has 4 heteroatoms. The maximum Gasteiger partial charge on any atom is 0.227 e. The van der Waals surface area contributed by atoms with Gasteiger partial charge in [-0.25, -0.2) is 0 Å². The van der Waals surface area contributed by atoms with Crippen LogP contribution in [0.15, 0.2) is 0 Å². The monoisotopic (exact) mass is 324 g/mol. The van der Waals surface area contributed by atoms with Crippen molar-refractivity contribution in [3.05, 3.63) is 22.5 Å². The minimum Gasteiger partial charge on any atom is -0.325 e. The molecule has 0 fully saturated rings. The normalized spacial score (nSPS) is 13.0. The molecule has 0 aromatic carbocycles. The van der Waals surface area contributed by atoms with Gasteiger partial charge >= 0.3 is 0 Å².